The van der Waals surface area contributed by atoms with Gasteiger partial charge in [0.05, 0.1) is 0 Å². The van der Waals surface area contributed by atoms with E-state index in [1.54, 1.807) is 0 Å². The van der Waals surface area contributed by atoms with Crippen LogP contribution in [0, 0.1) is 6.92 Å². The number of aryl methyl sites for hydroxylation is 1. The van der Waals surface area contributed by atoms with Crippen LogP contribution in [0.3, 0.4) is 0 Å². The number of rotatable bonds is 1. The van der Waals surface area contributed by atoms with Crippen molar-refractivity contribution >= 4 is 17.3 Å². The van der Waals surface area contributed by atoms with Crippen LogP contribution in [-0.2, 0) is 5.67 Å². The van der Waals surface area contributed by atoms with Gasteiger partial charge in [-0.15, -0.1) is 0 Å². The SMILES string of the molecule is Cc1cc(C(F)(C(F)(F)F)C(F)(F)F)c(Cl)cc1N. The molecule has 0 spiro atoms. The van der Waals surface area contributed by atoms with E-state index in [2.05, 4.69) is 0 Å². The Hall–Kier alpha value is -1.18. The van der Waals surface area contributed by atoms with Crippen LogP contribution < -0.4 is 5.73 Å². The average Bonchev–Trinajstić information content (AvgIpc) is 2.19. The zero-order valence-corrected chi connectivity index (χ0v) is 10.0. The average molecular weight is 310 g/mol. The summed E-state index contributed by atoms with van der Waals surface area (Å²) in [6, 6.07) is 0.997. The molecule has 0 aliphatic heterocycles. The van der Waals surface area contributed by atoms with Crippen molar-refractivity contribution in [3.63, 3.8) is 0 Å². The molecule has 0 aliphatic carbocycles. The summed E-state index contributed by atoms with van der Waals surface area (Å²) in [4.78, 5) is 0. The summed E-state index contributed by atoms with van der Waals surface area (Å²) in [7, 11) is 0. The molecule has 0 saturated heterocycles. The molecule has 9 heteroatoms. The van der Waals surface area contributed by atoms with Crippen LogP contribution in [0.1, 0.15) is 11.1 Å². The van der Waals surface area contributed by atoms with Crippen LogP contribution in [0.15, 0.2) is 12.1 Å². The number of halogens is 8. The highest BCUT2D eigenvalue weighted by atomic mass is 35.5. The first-order chi connectivity index (χ1) is 8.32. The summed E-state index contributed by atoms with van der Waals surface area (Å²) in [5, 5.41) is -1.04. The van der Waals surface area contributed by atoms with Gasteiger partial charge in [0.15, 0.2) is 0 Å². The minimum Gasteiger partial charge on any atom is -0.398 e. The highest BCUT2D eigenvalue weighted by molar-refractivity contribution is 6.31. The van der Waals surface area contributed by atoms with Gasteiger partial charge in [-0.3, -0.25) is 0 Å². The van der Waals surface area contributed by atoms with Crippen molar-refractivity contribution in [3.8, 4) is 0 Å². The van der Waals surface area contributed by atoms with Gasteiger partial charge in [-0.05, 0) is 24.6 Å². The third-order valence-electron chi connectivity index (χ3n) is 2.51. The largest absolute Gasteiger partial charge is 0.436 e. The van der Waals surface area contributed by atoms with Crippen molar-refractivity contribution in [3.05, 3.63) is 28.3 Å². The van der Waals surface area contributed by atoms with E-state index < -0.39 is 28.6 Å². The first kappa shape index (κ1) is 15.9. The Labute approximate surface area is 108 Å². The van der Waals surface area contributed by atoms with Crippen LogP contribution in [0.25, 0.3) is 0 Å². The van der Waals surface area contributed by atoms with Gasteiger partial charge in [0.2, 0.25) is 0 Å². The van der Waals surface area contributed by atoms with Crippen molar-refractivity contribution in [1.29, 1.82) is 0 Å². The molecule has 0 atom stereocenters. The Kier molecular flexibility index (Phi) is 3.70. The Morgan fingerprint density at radius 1 is 0.947 bits per heavy atom. The molecule has 19 heavy (non-hydrogen) atoms. The number of hydrogen-bond acceptors (Lipinski definition) is 1. The lowest BCUT2D eigenvalue weighted by Crippen LogP contribution is -2.50. The van der Waals surface area contributed by atoms with Crippen LogP contribution in [-0.4, -0.2) is 12.4 Å². The predicted octanol–water partition coefficient (Wildman–Crippen LogP) is 4.52. The summed E-state index contributed by atoms with van der Waals surface area (Å²) >= 11 is 5.28. The zero-order chi connectivity index (χ0) is 15.2. The van der Waals surface area contributed by atoms with Gasteiger partial charge in [0.1, 0.15) is 0 Å². The minimum atomic E-state index is -6.20. The molecule has 0 aliphatic rings. The van der Waals surface area contributed by atoms with Crippen molar-refractivity contribution in [2.45, 2.75) is 24.9 Å². The molecule has 0 bridgehead atoms. The van der Waals surface area contributed by atoms with Gasteiger partial charge in [0.25, 0.3) is 0 Å². The Morgan fingerprint density at radius 3 is 1.74 bits per heavy atom. The van der Waals surface area contributed by atoms with E-state index in [0.29, 0.717) is 12.1 Å². The first-order valence-electron chi connectivity index (χ1n) is 4.71. The number of nitrogen functional groups attached to an aromatic ring is 1. The topological polar surface area (TPSA) is 26.0 Å². The lowest BCUT2D eigenvalue weighted by atomic mass is 9.92. The highest BCUT2D eigenvalue weighted by Gasteiger charge is 2.74. The molecule has 1 aromatic rings. The lowest BCUT2D eigenvalue weighted by molar-refractivity contribution is -0.348. The Bertz CT molecular complexity index is 478. The lowest BCUT2D eigenvalue weighted by Gasteiger charge is -2.31. The van der Waals surface area contributed by atoms with Crippen molar-refractivity contribution in [2.75, 3.05) is 5.73 Å². The van der Waals surface area contributed by atoms with Gasteiger partial charge in [-0.2, -0.15) is 26.3 Å². The fourth-order valence-corrected chi connectivity index (χ4v) is 1.73. The summed E-state index contributed by atoms with van der Waals surface area (Å²) in [6.07, 6.45) is -12.4. The fourth-order valence-electron chi connectivity index (χ4n) is 1.43. The third-order valence-corrected chi connectivity index (χ3v) is 2.82. The molecule has 0 saturated carbocycles. The second-order valence-electron chi connectivity index (χ2n) is 3.84. The molecular formula is C10H7ClF7N. The second kappa shape index (κ2) is 4.43. The van der Waals surface area contributed by atoms with E-state index in [-0.39, 0.29) is 11.3 Å². The smallest absolute Gasteiger partial charge is 0.398 e. The Morgan fingerprint density at radius 2 is 1.37 bits per heavy atom. The second-order valence-corrected chi connectivity index (χ2v) is 4.25. The van der Waals surface area contributed by atoms with Gasteiger partial charge in [-0.25, -0.2) is 4.39 Å². The van der Waals surface area contributed by atoms with Gasteiger partial charge in [0, 0.05) is 16.3 Å². The van der Waals surface area contributed by atoms with Gasteiger partial charge < -0.3 is 5.73 Å². The van der Waals surface area contributed by atoms with Crippen LogP contribution in [0.2, 0.25) is 5.02 Å². The standard InChI is InChI=1S/C10H7ClF7N/c1-4-2-5(6(11)3-7(4)19)8(12,9(13,14)15)10(16,17)18/h2-3H,19H2,1H3. The fraction of sp³-hybridized carbons (Fsp3) is 0.400. The number of anilines is 1. The van der Waals surface area contributed by atoms with Crippen LogP contribution >= 0.6 is 11.6 Å². The summed E-state index contributed by atoms with van der Waals surface area (Å²) in [5.74, 6) is 0. The quantitative estimate of drug-likeness (QED) is 0.599. The van der Waals surface area contributed by atoms with E-state index in [9.17, 15) is 30.7 Å². The first-order valence-corrected chi connectivity index (χ1v) is 5.08. The molecule has 0 unspecified atom stereocenters. The summed E-state index contributed by atoms with van der Waals surface area (Å²) in [6.45, 7) is 1.14. The zero-order valence-electron chi connectivity index (χ0n) is 9.26. The van der Waals surface area contributed by atoms with E-state index in [1.165, 1.54) is 0 Å². The number of hydrogen-bond donors (Lipinski definition) is 1. The monoisotopic (exact) mass is 309 g/mol. The molecular weight excluding hydrogens is 303 g/mol. The summed E-state index contributed by atoms with van der Waals surface area (Å²) in [5.41, 5.74) is -2.27. The van der Waals surface area contributed by atoms with E-state index in [0.717, 1.165) is 6.92 Å². The van der Waals surface area contributed by atoms with E-state index >= 15 is 0 Å². The highest BCUT2D eigenvalue weighted by Crippen LogP contribution is 2.55. The van der Waals surface area contributed by atoms with Crippen molar-refractivity contribution < 1.29 is 30.7 Å². The normalized spacial score (nSPS) is 13.7. The van der Waals surface area contributed by atoms with Crippen molar-refractivity contribution in [1.82, 2.24) is 0 Å². The molecule has 108 valence electrons. The molecule has 0 amide bonds. The molecule has 0 heterocycles. The number of alkyl halides is 7. The van der Waals surface area contributed by atoms with E-state index in [1.807, 2.05) is 0 Å². The maximum absolute atomic E-state index is 13.7. The number of benzene rings is 1. The van der Waals surface area contributed by atoms with Crippen LogP contribution in [0.5, 0.6) is 0 Å². The molecule has 1 nitrogen and oxygen atoms in total. The minimum absolute atomic E-state index is 0.138. The van der Waals surface area contributed by atoms with Crippen LogP contribution in [0.4, 0.5) is 36.4 Å². The summed E-state index contributed by atoms with van der Waals surface area (Å²) < 4.78 is 88.8. The van der Waals surface area contributed by atoms with E-state index in [4.69, 9.17) is 17.3 Å². The maximum atomic E-state index is 13.7. The van der Waals surface area contributed by atoms with Gasteiger partial charge in [-0.1, -0.05) is 11.6 Å². The molecule has 0 aromatic heterocycles. The molecule has 0 fully saturated rings. The molecule has 1 aromatic carbocycles. The third kappa shape index (κ3) is 2.45. The van der Waals surface area contributed by atoms with Gasteiger partial charge >= 0.3 is 18.0 Å². The predicted molar refractivity (Wildman–Crippen MR) is 55.5 cm³/mol. The molecule has 2 N–H and O–H groups in total. The molecule has 1 rings (SSSR count). The Balaban J connectivity index is 3.66. The number of nitrogens with two attached hydrogens (primary N) is 1. The van der Waals surface area contributed by atoms with Crippen molar-refractivity contribution in [2.24, 2.45) is 0 Å². The molecule has 0 radical (unpaired) electrons. The maximum Gasteiger partial charge on any atom is 0.436 e.